The van der Waals surface area contributed by atoms with E-state index in [2.05, 4.69) is 5.32 Å². The SMILES string of the molecule is COC(=O)c1cccc(OCCNC(=O)OC(C)(C)C)c1C. The zero-order chi connectivity index (χ0) is 16.8. The molecule has 0 spiro atoms. The van der Waals surface area contributed by atoms with Crippen LogP contribution < -0.4 is 10.1 Å². The number of ether oxygens (including phenoxy) is 3. The molecule has 0 radical (unpaired) electrons. The van der Waals surface area contributed by atoms with Gasteiger partial charge in [-0.05, 0) is 39.8 Å². The van der Waals surface area contributed by atoms with E-state index < -0.39 is 17.7 Å². The van der Waals surface area contributed by atoms with E-state index in [0.717, 1.165) is 0 Å². The second-order valence-corrected chi connectivity index (χ2v) is 5.70. The van der Waals surface area contributed by atoms with Crippen LogP contribution in [0.25, 0.3) is 0 Å². The van der Waals surface area contributed by atoms with Gasteiger partial charge in [-0.3, -0.25) is 0 Å². The number of hydrogen-bond donors (Lipinski definition) is 1. The number of nitrogens with one attached hydrogen (secondary N) is 1. The first kappa shape index (κ1) is 17.8. The Morgan fingerprint density at radius 1 is 1.23 bits per heavy atom. The molecule has 6 nitrogen and oxygen atoms in total. The smallest absolute Gasteiger partial charge is 0.407 e. The molecule has 0 aromatic heterocycles. The molecule has 0 fully saturated rings. The third-order valence-electron chi connectivity index (χ3n) is 2.72. The fourth-order valence-corrected chi connectivity index (χ4v) is 1.73. The van der Waals surface area contributed by atoms with E-state index in [9.17, 15) is 9.59 Å². The second kappa shape index (κ2) is 7.68. The summed E-state index contributed by atoms with van der Waals surface area (Å²) >= 11 is 0. The van der Waals surface area contributed by atoms with Crippen molar-refractivity contribution in [1.82, 2.24) is 5.32 Å². The largest absolute Gasteiger partial charge is 0.491 e. The number of alkyl carbamates (subject to hydrolysis) is 1. The summed E-state index contributed by atoms with van der Waals surface area (Å²) < 4.78 is 15.4. The summed E-state index contributed by atoms with van der Waals surface area (Å²) in [5, 5.41) is 2.60. The summed E-state index contributed by atoms with van der Waals surface area (Å²) in [4.78, 5) is 23.1. The molecule has 1 N–H and O–H groups in total. The Balaban J connectivity index is 2.49. The van der Waals surface area contributed by atoms with Gasteiger partial charge in [0.1, 0.15) is 18.0 Å². The van der Waals surface area contributed by atoms with Gasteiger partial charge in [0.2, 0.25) is 0 Å². The highest BCUT2D eigenvalue weighted by Crippen LogP contribution is 2.21. The quantitative estimate of drug-likeness (QED) is 0.668. The molecular formula is C16H23NO5. The molecule has 0 bridgehead atoms. The number of methoxy groups -OCH3 is 1. The van der Waals surface area contributed by atoms with Crippen molar-refractivity contribution in [2.75, 3.05) is 20.3 Å². The lowest BCUT2D eigenvalue weighted by Crippen LogP contribution is -2.34. The number of carbonyl (C=O) groups is 2. The summed E-state index contributed by atoms with van der Waals surface area (Å²) in [6.07, 6.45) is -0.490. The average Bonchev–Trinajstić information content (AvgIpc) is 2.42. The van der Waals surface area contributed by atoms with E-state index in [1.165, 1.54) is 7.11 Å². The zero-order valence-electron chi connectivity index (χ0n) is 13.7. The fraction of sp³-hybridized carbons (Fsp3) is 0.500. The maximum atomic E-state index is 11.6. The summed E-state index contributed by atoms with van der Waals surface area (Å²) in [6.45, 7) is 7.74. The highest BCUT2D eigenvalue weighted by atomic mass is 16.6. The molecule has 0 atom stereocenters. The Morgan fingerprint density at radius 2 is 1.91 bits per heavy atom. The van der Waals surface area contributed by atoms with E-state index in [0.29, 0.717) is 23.4 Å². The van der Waals surface area contributed by atoms with Gasteiger partial charge in [0.15, 0.2) is 0 Å². The van der Waals surface area contributed by atoms with Gasteiger partial charge in [-0.25, -0.2) is 9.59 Å². The summed E-state index contributed by atoms with van der Waals surface area (Å²) in [6, 6.07) is 5.15. The highest BCUT2D eigenvalue weighted by molar-refractivity contribution is 5.91. The number of rotatable bonds is 5. The minimum absolute atomic E-state index is 0.269. The fourth-order valence-electron chi connectivity index (χ4n) is 1.73. The first-order valence-corrected chi connectivity index (χ1v) is 7.02. The first-order chi connectivity index (χ1) is 10.2. The first-order valence-electron chi connectivity index (χ1n) is 7.02. The second-order valence-electron chi connectivity index (χ2n) is 5.70. The summed E-state index contributed by atoms with van der Waals surface area (Å²) in [7, 11) is 1.33. The minimum atomic E-state index is -0.531. The van der Waals surface area contributed by atoms with E-state index in [1.54, 1.807) is 45.9 Å². The molecule has 0 aliphatic heterocycles. The third-order valence-corrected chi connectivity index (χ3v) is 2.72. The number of amides is 1. The lowest BCUT2D eigenvalue weighted by Gasteiger charge is -2.19. The molecule has 0 saturated carbocycles. The zero-order valence-corrected chi connectivity index (χ0v) is 13.7. The van der Waals surface area contributed by atoms with Gasteiger partial charge in [0.05, 0.1) is 19.2 Å². The highest BCUT2D eigenvalue weighted by Gasteiger charge is 2.16. The van der Waals surface area contributed by atoms with Gasteiger partial charge in [-0.2, -0.15) is 0 Å². The van der Waals surface area contributed by atoms with Gasteiger partial charge in [0.25, 0.3) is 0 Å². The van der Waals surface area contributed by atoms with Crippen LogP contribution >= 0.6 is 0 Å². The van der Waals surface area contributed by atoms with Gasteiger partial charge in [-0.1, -0.05) is 6.07 Å². The van der Waals surface area contributed by atoms with Crippen molar-refractivity contribution in [3.05, 3.63) is 29.3 Å². The Morgan fingerprint density at radius 3 is 2.50 bits per heavy atom. The van der Waals surface area contributed by atoms with Crippen molar-refractivity contribution in [2.45, 2.75) is 33.3 Å². The van der Waals surface area contributed by atoms with Crippen molar-refractivity contribution >= 4 is 12.1 Å². The molecule has 1 rings (SSSR count). The lowest BCUT2D eigenvalue weighted by molar-refractivity contribution is 0.0519. The Labute approximate surface area is 130 Å². The topological polar surface area (TPSA) is 73.9 Å². The van der Waals surface area contributed by atoms with Crippen LogP contribution in [0.15, 0.2) is 18.2 Å². The van der Waals surface area contributed by atoms with Crippen LogP contribution in [0.1, 0.15) is 36.7 Å². The average molecular weight is 309 g/mol. The molecule has 0 aliphatic carbocycles. The van der Waals surface area contributed by atoms with Crippen molar-refractivity contribution in [3.8, 4) is 5.75 Å². The molecule has 0 aliphatic rings. The normalized spacial score (nSPS) is 10.8. The number of esters is 1. The van der Waals surface area contributed by atoms with Crippen LogP contribution in [0.3, 0.4) is 0 Å². The number of benzene rings is 1. The predicted molar refractivity (Wildman–Crippen MR) is 82.3 cm³/mol. The third kappa shape index (κ3) is 5.63. The number of hydrogen-bond acceptors (Lipinski definition) is 5. The van der Waals surface area contributed by atoms with E-state index in [1.807, 2.05) is 0 Å². The maximum absolute atomic E-state index is 11.6. The van der Waals surface area contributed by atoms with Crippen molar-refractivity contribution in [1.29, 1.82) is 0 Å². The van der Waals surface area contributed by atoms with E-state index in [4.69, 9.17) is 14.2 Å². The lowest BCUT2D eigenvalue weighted by atomic mass is 10.1. The van der Waals surface area contributed by atoms with Gasteiger partial charge in [-0.15, -0.1) is 0 Å². The molecule has 1 amide bonds. The van der Waals surface area contributed by atoms with Gasteiger partial charge < -0.3 is 19.5 Å². The monoisotopic (exact) mass is 309 g/mol. The van der Waals surface area contributed by atoms with Crippen molar-refractivity contribution in [2.24, 2.45) is 0 Å². The summed E-state index contributed by atoms with van der Waals surface area (Å²) in [5.74, 6) is 0.170. The van der Waals surface area contributed by atoms with Crippen LogP contribution in [-0.2, 0) is 9.47 Å². The van der Waals surface area contributed by atoms with Crippen molar-refractivity contribution < 1.29 is 23.8 Å². The van der Waals surface area contributed by atoms with E-state index in [-0.39, 0.29) is 6.61 Å². The predicted octanol–water partition coefficient (Wildman–Crippen LogP) is 2.69. The molecule has 1 aromatic carbocycles. The van der Waals surface area contributed by atoms with Gasteiger partial charge >= 0.3 is 12.1 Å². The van der Waals surface area contributed by atoms with Crippen LogP contribution in [0.4, 0.5) is 4.79 Å². The standard InChI is InChI=1S/C16H23NO5/c1-11-12(14(18)20-5)7-6-8-13(11)21-10-9-17-15(19)22-16(2,3)4/h6-8H,9-10H2,1-5H3,(H,17,19). The number of carbonyl (C=O) groups excluding carboxylic acids is 2. The maximum Gasteiger partial charge on any atom is 0.407 e. The summed E-state index contributed by atoms with van der Waals surface area (Å²) in [5.41, 5.74) is 0.628. The van der Waals surface area contributed by atoms with Crippen LogP contribution in [0.5, 0.6) is 5.75 Å². The van der Waals surface area contributed by atoms with Crippen LogP contribution in [-0.4, -0.2) is 37.9 Å². The molecule has 0 unspecified atom stereocenters. The molecule has 6 heteroatoms. The Hall–Kier alpha value is -2.24. The molecule has 0 heterocycles. The molecular weight excluding hydrogens is 286 g/mol. The van der Waals surface area contributed by atoms with Crippen LogP contribution in [0, 0.1) is 6.92 Å². The van der Waals surface area contributed by atoms with Crippen molar-refractivity contribution in [3.63, 3.8) is 0 Å². The molecule has 1 aromatic rings. The van der Waals surface area contributed by atoms with E-state index >= 15 is 0 Å². The Kier molecular flexibility index (Phi) is 6.22. The minimum Gasteiger partial charge on any atom is -0.491 e. The molecule has 22 heavy (non-hydrogen) atoms. The van der Waals surface area contributed by atoms with Crippen LogP contribution in [0.2, 0.25) is 0 Å². The Bertz CT molecular complexity index is 534. The molecule has 0 saturated heterocycles. The van der Waals surface area contributed by atoms with Gasteiger partial charge in [0, 0.05) is 5.56 Å². The molecule has 122 valence electrons.